The number of benzene rings is 6. The van der Waals surface area contributed by atoms with Gasteiger partial charge in [0, 0.05) is 36.1 Å². The summed E-state index contributed by atoms with van der Waals surface area (Å²) in [6.45, 7) is 4.60. The lowest BCUT2D eigenvalue weighted by atomic mass is 10.1. The van der Waals surface area contributed by atoms with Gasteiger partial charge in [0.25, 0.3) is 0 Å². The second-order valence-electron chi connectivity index (χ2n) is 14.4. The first-order valence-electron chi connectivity index (χ1n) is 20.0. The van der Waals surface area contributed by atoms with E-state index in [4.69, 9.17) is 23.7 Å². The second-order valence-corrected chi connectivity index (χ2v) is 17.3. The maximum absolute atomic E-state index is 9.98. The Morgan fingerprint density at radius 3 is 1.84 bits per heavy atom. The molecule has 2 aromatic heterocycles. The van der Waals surface area contributed by atoms with Crippen LogP contribution in [0.2, 0.25) is 0 Å². The molecule has 6 aromatic carbocycles. The van der Waals surface area contributed by atoms with Gasteiger partial charge in [0.2, 0.25) is 0 Å². The summed E-state index contributed by atoms with van der Waals surface area (Å²) in [5.41, 5.74) is 3.37. The average molecular weight is 937 g/mol. The molecule has 11 heteroatoms. The van der Waals surface area contributed by atoms with Crippen LogP contribution in [0.5, 0.6) is 40.2 Å². The Morgan fingerprint density at radius 2 is 1.16 bits per heavy atom. The Balaban J connectivity index is 0.000000187. The van der Waals surface area contributed by atoms with E-state index in [9.17, 15) is 5.11 Å². The number of fused-ring (bicyclic) bond motifs is 2. The zero-order chi connectivity index (χ0) is 41.3. The van der Waals surface area contributed by atoms with Crippen LogP contribution in [0.3, 0.4) is 0 Å². The van der Waals surface area contributed by atoms with E-state index in [0.29, 0.717) is 13.2 Å². The van der Waals surface area contributed by atoms with Gasteiger partial charge < -0.3 is 28.8 Å². The maximum atomic E-state index is 9.98. The topological polar surface area (TPSA) is 69.6 Å². The monoisotopic (exact) mass is 935 g/mol. The SMILES string of the molecule is COc1ccc(-c2sc3cc(O)ccc3c2Oc2ccc(OCCN3CCCCC3)cc2)cc1.COc1ccc(-c2sc3cc(OCc4ccccc4)ccc3c2Br)cc1.Cl. The number of phenols is 1. The van der Waals surface area contributed by atoms with Gasteiger partial charge in [-0.1, -0.05) is 36.8 Å². The fourth-order valence-electron chi connectivity index (χ4n) is 7.10. The van der Waals surface area contributed by atoms with Crippen LogP contribution in [0.4, 0.5) is 0 Å². The second kappa shape index (κ2) is 21.0. The Morgan fingerprint density at radius 1 is 0.590 bits per heavy atom. The number of likely N-dealkylation sites (tertiary alicyclic amines) is 1. The molecule has 0 bridgehead atoms. The molecule has 7 nitrogen and oxygen atoms in total. The molecular formula is C50H47BrClNO6S2. The standard InChI is InChI=1S/C28H29NO4S.C22H17BrO2S.ClH/c1-31-22-8-5-20(6-9-22)28-27(25-14-7-21(30)19-26(25)34-28)33-24-12-10-23(11-13-24)32-18-17-29-15-3-2-4-16-29;1-24-17-9-7-16(8-10-17)22-21(23)19-12-11-18(13-20(19)26-22)25-14-15-5-3-2-4-6-15;/h5-14,19,30H,2-4,15-18H2,1H3;2-13H,14H2,1H3;1H. The van der Waals surface area contributed by atoms with Gasteiger partial charge in [-0.3, -0.25) is 4.90 Å². The van der Waals surface area contributed by atoms with Crippen molar-refractivity contribution in [3.8, 4) is 61.1 Å². The highest BCUT2D eigenvalue weighted by atomic mass is 79.9. The number of methoxy groups -OCH3 is 2. The third kappa shape index (κ3) is 11.0. The zero-order valence-electron chi connectivity index (χ0n) is 34.0. The molecule has 0 spiro atoms. The van der Waals surface area contributed by atoms with Crippen molar-refractivity contribution in [3.63, 3.8) is 0 Å². The van der Waals surface area contributed by atoms with Crippen LogP contribution in [-0.4, -0.2) is 50.5 Å². The molecule has 9 rings (SSSR count). The highest BCUT2D eigenvalue weighted by Gasteiger charge is 2.18. The van der Waals surface area contributed by atoms with Crippen molar-refractivity contribution in [1.29, 1.82) is 0 Å². The fraction of sp³-hybridized carbons (Fsp3) is 0.200. The van der Waals surface area contributed by atoms with Gasteiger partial charge in [-0.2, -0.15) is 0 Å². The minimum absolute atomic E-state index is 0. The van der Waals surface area contributed by atoms with Crippen LogP contribution in [-0.2, 0) is 6.61 Å². The number of thiophene rings is 2. The van der Waals surface area contributed by atoms with Gasteiger partial charge >= 0.3 is 0 Å². The van der Waals surface area contributed by atoms with Crippen LogP contribution >= 0.6 is 51.0 Å². The first-order valence-corrected chi connectivity index (χ1v) is 22.4. The summed E-state index contributed by atoms with van der Waals surface area (Å²) in [7, 11) is 3.34. The molecule has 0 atom stereocenters. The lowest BCUT2D eigenvalue weighted by Gasteiger charge is -2.26. The molecule has 8 aromatic rings. The molecule has 1 saturated heterocycles. The number of rotatable bonds is 13. The van der Waals surface area contributed by atoms with Crippen LogP contribution in [0.1, 0.15) is 24.8 Å². The molecule has 0 saturated carbocycles. The van der Waals surface area contributed by atoms with E-state index in [1.54, 1.807) is 49.0 Å². The summed E-state index contributed by atoms with van der Waals surface area (Å²) in [5.74, 6) is 5.17. The molecule has 0 aliphatic carbocycles. The molecule has 0 amide bonds. The minimum Gasteiger partial charge on any atom is -0.508 e. The molecule has 61 heavy (non-hydrogen) atoms. The predicted molar refractivity (Wildman–Crippen MR) is 257 cm³/mol. The number of ether oxygens (including phenoxy) is 5. The van der Waals surface area contributed by atoms with Crippen LogP contribution in [0.25, 0.3) is 41.1 Å². The van der Waals surface area contributed by atoms with Crippen LogP contribution in [0.15, 0.2) is 144 Å². The Bertz CT molecular complexity index is 2630. The molecule has 1 aliphatic rings. The number of phenolic OH excluding ortho intramolecular Hbond substituents is 1. The summed E-state index contributed by atoms with van der Waals surface area (Å²) in [6, 6.07) is 45.7. The number of hydrogen-bond donors (Lipinski definition) is 1. The smallest absolute Gasteiger partial charge is 0.153 e. The number of hydrogen-bond acceptors (Lipinski definition) is 9. The molecule has 0 radical (unpaired) electrons. The molecular weight excluding hydrogens is 890 g/mol. The molecule has 0 unspecified atom stereocenters. The van der Waals surface area contributed by atoms with E-state index < -0.39 is 0 Å². The third-order valence-electron chi connectivity index (χ3n) is 10.4. The van der Waals surface area contributed by atoms with E-state index in [-0.39, 0.29) is 18.2 Å². The highest BCUT2D eigenvalue weighted by molar-refractivity contribution is 9.10. The van der Waals surface area contributed by atoms with Crippen LogP contribution in [0, 0.1) is 0 Å². The van der Waals surface area contributed by atoms with E-state index in [0.717, 1.165) is 66.0 Å². The van der Waals surface area contributed by atoms with Crippen molar-refractivity contribution in [2.45, 2.75) is 25.9 Å². The van der Waals surface area contributed by atoms with Crippen molar-refractivity contribution in [2.24, 2.45) is 0 Å². The van der Waals surface area contributed by atoms with Gasteiger partial charge in [0.15, 0.2) is 5.75 Å². The number of aromatic hydroxyl groups is 1. The van der Waals surface area contributed by atoms with Gasteiger partial charge in [-0.25, -0.2) is 0 Å². The van der Waals surface area contributed by atoms with Gasteiger partial charge in [-0.15, -0.1) is 35.1 Å². The largest absolute Gasteiger partial charge is 0.508 e. The third-order valence-corrected chi connectivity index (χ3v) is 13.8. The summed E-state index contributed by atoms with van der Waals surface area (Å²) < 4.78 is 32.2. The molecule has 314 valence electrons. The lowest BCUT2D eigenvalue weighted by molar-refractivity contribution is 0.183. The maximum Gasteiger partial charge on any atom is 0.153 e. The summed E-state index contributed by atoms with van der Waals surface area (Å²) in [5, 5.41) is 12.1. The van der Waals surface area contributed by atoms with Gasteiger partial charge in [0.05, 0.1) is 19.1 Å². The average Bonchev–Trinajstić information content (AvgIpc) is 3.82. The lowest BCUT2D eigenvalue weighted by Crippen LogP contribution is -2.33. The normalized spacial score (nSPS) is 12.6. The van der Waals surface area contributed by atoms with Crippen molar-refractivity contribution >= 4 is 71.2 Å². The van der Waals surface area contributed by atoms with Crippen molar-refractivity contribution < 1.29 is 28.8 Å². The van der Waals surface area contributed by atoms with Gasteiger partial charge in [0.1, 0.15) is 47.7 Å². The van der Waals surface area contributed by atoms with Crippen molar-refractivity contribution in [1.82, 2.24) is 4.90 Å². The first-order chi connectivity index (χ1) is 29.4. The summed E-state index contributed by atoms with van der Waals surface area (Å²) >= 11 is 7.12. The zero-order valence-corrected chi connectivity index (χ0v) is 38.0. The summed E-state index contributed by atoms with van der Waals surface area (Å²) in [6.07, 6.45) is 3.93. The van der Waals surface area contributed by atoms with Crippen molar-refractivity contribution in [3.05, 3.63) is 150 Å². The summed E-state index contributed by atoms with van der Waals surface area (Å²) in [4.78, 5) is 4.69. The number of nitrogens with zero attached hydrogens (tertiary/aromatic N) is 1. The quantitative estimate of drug-likeness (QED) is 0.123. The van der Waals surface area contributed by atoms with E-state index in [1.165, 1.54) is 58.4 Å². The van der Waals surface area contributed by atoms with E-state index in [2.05, 4.69) is 57.2 Å². The number of halogens is 2. The molecule has 1 fully saturated rings. The Hall–Kier alpha value is -5.23. The Kier molecular flexibility index (Phi) is 15.1. The van der Waals surface area contributed by atoms with Crippen molar-refractivity contribution in [2.75, 3.05) is 40.5 Å². The minimum atomic E-state index is 0. The first kappa shape index (κ1) is 43.8. The molecule has 1 aliphatic heterocycles. The molecule has 1 N–H and O–H groups in total. The molecule has 3 heterocycles. The van der Waals surface area contributed by atoms with E-state index in [1.807, 2.05) is 91.0 Å². The van der Waals surface area contributed by atoms with Gasteiger partial charge in [-0.05, 0) is 168 Å². The number of piperidine rings is 1. The van der Waals surface area contributed by atoms with Crippen LogP contribution < -0.4 is 23.7 Å². The highest BCUT2D eigenvalue weighted by Crippen LogP contribution is 2.48. The Labute approximate surface area is 379 Å². The fourth-order valence-corrected chi connectivity index (χ4v) is 10.3. The predicted octanol–water partition coefficient (Wildman–Crippen LogP) is 14.3. The van der Waals surface area contributed by atoms with E-state index >= 15 is 0 Å².